The van der Waals surface area contributed by atoms with Gasteiger partial charge in [-0.1, -0.05) is 54.6 Å². The first-order chi connectivity index (χ1) is 14.2. The maximum absolute atomic E-state index is 13.0. The molecule has 0 atom stereocenters. The van der Waals surface area contributed by atoms with Crippen molar-refractivity contribution in [1.29, 1.82) is 0 Å². The fourth-order valence-corrected chi connectivity index (χ4v) is 3.74. The molecule has 2 amide bonds. The molecule has 4 heteroatoms. The number of benzene rings is 3. The van der Waals surface area contributed by atoms with E-state index in [-0.39, 0.29) is 11.8 Å². The second-order valence-corrected chi connectivity index (χ2v) is 7.26. The lowest BCUT2D eigenvalue weighted by Gasteiger charge is -2.17. The lowest BCUT2D eigenvalue weighted by molar-refractivity contribution is 0.0953. The van der Waals surface area contributed by atoms with E-state index in [2.05, 4.69) is 23.5 Å². The van der Waals surface area contributed by atoms with Crippen molar-refractivity contribution in [3.8, 4) is 0 Å². The van der Waals surface area contributed by atoms with Crippen molar-refractivity contribution >= 4 is 17.5 Å². The molecular weight excluding hydrogens is 360 g/mol. The van der Waals surface area contributed by atoms with Crippen LogP contribution in [0.1, 0.15) is 38.3 Å². The van der Waals surface area contributed by atoms with Crippen LogP contribution in [0.5, 0.6) is 0 Å². The number of carbonyl (C=O) groups excluding carboxylic acids is 2. The topological polar surface area (TPSA) is 49.4 Å². The van der Waals surface area contributed by atoms with Gasteiger partial charge in [0.05, 0.1) is 0 Å². The Labute approximate surface area is 171 Å². The highest BCUT2D eigenvalue weighted by Crippen LogP contribution is 2.28. The molecule has 1 aliphatic heterocycles. The molecular formula is C25H24N2O2. The van der Waals surface area contributed by atoms with Crippen LogP contribution in [0, 0.1) is 0 Å². The van der Waals surface area contributed by atoms with Gasteiger partial charge in [0.25, 0.3) is 11.8 Å². The van der Waals surface area contributed by atoms with E-state index in [1.54, 1.807) is 29.2 Å². The third kappa shape index (κ3) is 4.37. The van der Waals surface area contributed by atoms with Crippen LogP contribution in [0.25, 0.3) is 0 Å². The quantitative estimate of drug-likeness (QED) is 0.646. The number of rotatable bonds is 6. The summed E-state index contributed by atoms with van der Waals surface area (Å²) >= 11 is 0. The molecule has 0 aromatic heterocycles. The summed E-state index contributed by atoms with van der Waals surface area (Å²) in [6.45, 7) is 1.28. The van der Waals surface area contributed by atoms with Crippen LogP contribution in [-0.4, -0.2) is 24.9 Å². The van der Waals surface area contributed by atoms with Gasteiger partial charge in [0.2, 0.25) is 0 Å². The maximum atomic E-state index is 13.0. The molecule has 0 saturated heterocycles. The summed E-state index contributed by atoms with van der Waals surface area (Å²) in [5, 5.41) is 2.96. The zero-order chi connectivity index (χ0) is 20.1. The third-order valence-corrected chi connectivity index (χ3v) is 5.27. The Hall–Kier alpha value is -3.40. The number of nitrogens with one attached hydrogen (secondary N) is 1. The summed E-state index contributed by atoms with van der Waals surface area (Å²) in [6.07, 6.45) is 2.66. The molecule has 0 unspecified atom stereocenters. The van der Waals surface area contributed by atoms with Crippen molar-refractivity contribution in [3.63, 3.8) is 0 Å². The van der Waals surface area contributed by atoms with Gasteiger partial charge in [0, 0.05) is 29.9 Å². The van der Waals surface area contributed by atoms with Crippen molar-refractivity contribution in [2.24, 2.45) is 0 Å². The van der Waals surface area contributed by atoms with Crippen molar-refractivity contribution in [2.45, 2.75) is 19.3 Å². The van der Waals surface area contributed by atoms with Crippen LogP contribution in [-0.2, 0) is 12.8 Å². The molecule has 4 nitrogen and oxygen atoms in total. The van der Waals surface area contributed by atoms with Crippen LogP contribution in [0.4, 0.5) is 5.69 Å². The number of aryl methyl sites for hydroxylation is 1. The van der Waals surface area contributed by atoms with Crippen molar-refractivity contribution in [3.05, 3.63) is 101 Å². The van der Waals surface area contributed by atoms with E-state index < -0.39 is 0 Å². The zero-order valence-corrected chi connectivity index (χ0v) is 16.3. The molecule has 1 heterocycles. The largest absolute Gasteiger partial charge is 0.352 e. The van der Waals surface area contributed by atoms with Gasteiger partial charge in [0.15, 0.2) is 0 Å². The molecule has 3 aromatic carbocycles. The monoisotopic (exact) mass is 384 g/mol. The van der Waals surface area contributed by atoms with E-state index in [4.69, 9.17) is 0 Å². The zero-order valence-electron chi connectivity index (χ0n) is 16.3. The molecule has 1 aliphatic rings. The summed E-state index contributed by atoms with van der Waals surface area (Å²) in [6, 6.07) is 25.2. The fraction of sp³-hybridized carbons (Fsp3) is 0.200. The van der Waals surface area contributed by atoms with Crippen LogP contribution < -0.4 is 10.2 Å². The maximum Gasteiger partial charge on any atom is 0.258 e. The van der Waals surface area contributed by atoms with Gasteiger partial charge in [0.1, 0.15) is 0 Å². The van der Waals surface area contributed by atoms with Gasteiger partial charge < -0.3 is 10.2 Å². The van der Waals surface area contributed by atoms with Crippen LogP contribution >= 0.6 is 0 Å². The third-order valence-electron chi connectivity index (χ3n) is 5.27. The van der Waals surface area contributed by atoms with Crippen LogP contribution in [0.2, 0.25) is 0 Å². The van der Waals surface area contributed by atoms with Crippen molar-refractivity contribution in [1.82, 2.24) is 5.32 Å². The number of carbonyl (C=O) groups is 2. The number of fused-ring (bicyclic) bond motifs is 1. The first kappa shape index (κ1) is 18.9. The molecule has 0 aliphatic carbocycles. The predicted octanol–water partition coefficient (Wildman–Crippen LogP) is 4.25. The smallest absolute Gasteiger partial charge is 0.258 e. The highest BCUT2D eigenvalue weighted by atomic mass is 16.2. The molecule has 1 N–H and O–H groups in total. The minimum Gasteiger partial charge on any atom is -0.352 e. The van der Waals surface area contributed by atoms with Gasteiger partial charge in [-0.2, -0.15) is 0 Å². The molecule has 4 rings (SSSR count). The normalized spacial score (nSPS) is 12.5. The van der Waals surface area contributed by atoms with E-state index in [1.807, 2.05) is 36.4 Å². The SMILES string of the molecule is O=C(NCCCc1ccccc1)c1cccc(C(=O)N2CCc3ccccc32)c1. The first-order valence-corrected chi connectivity index (χ1v) is 10.0. The second kappa shape index (κ2) is 8.74. The van der Waals surface area contributed by atoms with Crippen LogP contribution in [0.15, 0.2) is 78.9 Å². The molecule has 0 radical (unpaired) electrons. The Bertz CT molecular complexity index is 1010. The van der Waals surface area contributed by atoms with Gasteiger partial charge in [-0.3, -0.25) is 9.59 Å². The number of anilines is 1. The van der Waals surface area contributed by atoms with E-state index in [0.29, 0.717) is 24.2 Å². The Morgan fingerprint density at radius 2 is 1.62 bits per heavy atom. The summed E-state index contributed by atoms with van der Waals surface area (Å²) < 4.78 is 0. The summed E-state index contributed by atoms with van der Waals surface area (Å²) in [5.74, 6) is -0.205. The number of para-hydroxylation sites is 1. The predicted molar refractivity (Wildman–Crippen MR) is 115 cm³/mol. The lowest BCUT2D eigenvalue weighted by atomic mass is 10.1. The molecule has 146 valence electrons. The van der Waals surface area contributed by atoms with Gasteiger partial charge >= 0.3 is 0 Å². The Kier molecular flexibility index (Phi) is 5.71. The molecule has 0 saturated carbocycles. The van der Waals surface area contributed by atoms with E-state index in [0.717, 1.165) is 24.9 Å². The van der Waals surface area contributed by atoms with E-state index in [9.17, 15) is 9.59 Å². The van der Waals surface area contributed by atoms with Gasteiger partial charge in [-0.05, 0) is 54.7 Å². The van der Waals surface area contributed by atoms with Gasteiger partial charge in [-0.15, -0.1) is 0 Å². The number of hydrogen-bond acceptors (Lipinski definition) is 2. The standard InChI is InChI=1S/C25H24N2O2/c28-24(26-16-7-10-19-8-2-1-3-9-19)21-12-6-13-22(18-21)25(29)27-17-15-20-11-4-5-14-23(20)27/h1-6,8-9,11-14,18H,7,10,15-17H2,(H,26,28). The highest BCUT2D eigenvalue weighted by molar-refractivity contribution is 6.08. The van der Waals surface area contributed by atoms with E-state index >= 15 is 0 Å². The summed E-state index contributed by atoms with van der Waals surface area (Å²) in [5.41, 5.74) is 4.48. The van der Waals surface area contributed by atoms with Crippen molar-refractivity contribution in [2.75, 3.05) is 18.0 Å². The van der Waals surface area contributed by atoms with E-state index in [1.165, 1.54) is 11.1 Å². The summed E-state index contributed by atoms with van der Waals surface area (Å²) in [4.78, 5) is 27.3. The molecule has 29 heavy (non-hydrogen) atoms. The minimum absolute atomic E-state index is 0.0614. The highest BCUT2D eigenvalue weighted by Gasteiger charge is 2.25. The average molecular weight is 384 g/mol. The molecule has 0 fully saturated rings. The first-order valence-electron chi connectivity index (χ1n) is 10.0. The average Bonchev–Trinajstić information content (AvgIpc) is 3.21. The number of amides is 2. The van der Waals surface area contributed by atoms with Gasteiger partial charge in [-0.25, -0.2) is 0 Å². The summed E-state index contributed by atoms with van der Waals surface area (Å²) in [7, 11) is 0. The fourth-order valence-electron chi connectivity index (χ4n) is 3.74. The number of nitrogens with zero attached hydrogens (tertiary/aromatic N) is 1. The lowest BCUT2D eigenvalue weighted by Crippen LogP contribution is -2.29. The van der Waals surface area contributed by atoms with Crippen molar-refractivity contribution < 1.29 is 9.59 Å². The second-order valence-electron chi connectivity index (χ2n) is 7.26. The molecule has 0 spiro atoms. The Balaban J connectivity index is 1.37. The van der Waals surface area contributed by atoms with Crippen LogP contribution in [0.3, 0.4) is 0 Å². The Morgan fingerprint density at radius 3 is 2.48 bits per heavy atom. The molecule has 0 bridgehead atoms. The molecule has 3 aromatic rings. The minimum atomic E-state index is -0.144. The number of hydrogen-bond donors (Lipinski definition) is 1. The Morgan fingerprint density at radius 1 is 0.862 bits per heavy atom.